The summed E-state index contributed by atoms with van der Waals surface area (Å²) in [5, 5.41) is 0. The first-order valence-corrected chi connectivity index (χ1v) is 5.03. The van der Waals surface area contributed by atoms with E-state index < -0.39 is 17.5 Å². The molecule has 0 spiro atoms. The van der Waals surface area contributed by atoms with Gasteiger partial charge in [-0.25, -0.2) is 0 Å². The summed E-state index contributed by atoms with van der Waals surface area (Å²) in [6, 6.07) is 0. The molecule has 0 heterocycles. The van der Waals surface area contributed by atoms with E-state index >= 15 is 0 Å². The van der Waals surface area contributed by atoms with Crippen LogP contribution in [0.3, 0.4) is 0 Å². The van der Waals surface area contributed by atoms with E-state index in [4.69, 9.17) is 4.74 Å². The van der Waals surface area contributed by atoms with Gasteiger partial charge in [-0.05, 0) is 34.1 Å². The van der Waals surface area contributed by atoms with Crippen LogP contribution in [-0.2, 0) is 14.3 Å². The molecule has 3 heteroatoms. The van der Waals surface area contributed by atoms with E-state index in [2.05, 4.69) is 0 Å². The van der Waals surface area contributed by atoms with Crippen LogP contribution < -0.4 is 0 Å². The molecule has 0 bridgehead atoms. The fraction of sp³-hybridized carbons (Fsp3) is 0.818. The van der Waals surface area contributed by atoms with Crippen molar-refractivity contribution in [2.45, 2.75) is 53.1 Å². The minimum Gasteiger partial charge on any atom is -0.459 e. The third-order valence-electron chi connectivity index (χ3n) is 1.74. The molecule has 0 radical (unpaired) electrons. The third kappa shape index (κ3) is 5.00. The second-order valence-electron chi connectivity index (χ2n) is 4.47. The number of rotatable bonds is 4. The SMILES string of the molecule is CCCC(=O)[C@H](C)C(=O)OC(C)(C)C. The van der Waals surface area contributed by atoms with Gasteiger partial charge in [0.2, 0.25) is 0 Å². The lowest BCUT2D eigenvalue weighted by Crippen LogP contribution is -2.31. The van der Waals surface area contributed by atoms with Gasteiger partial charge < -0.3 is 4.74 Å². The first-order valence-electron chi connectivity index (χ1n) is 5.03. The van der Waals surface area contributed by atoms with E-state index in [0.717, 1.165) is 6.42 Å². The number of carbonyl (C=O) groups is 2. The van der Waals surface area contributed by atoms with Crippen LogP contribution in [0.4, 0.5) is 0 Å². The number of ether oxygens (including phenoxy) is 1. The highest BCUT2D eigenvalue weighted by Crippen LogP contribution is 2.13. The van der Waals surface area contributed by atoms with Crippen LogP contribution >= 0.6 is 0 Å². The van der Waals surface area contributed by atoms with Crippen molar-refractivity contribution < 1.29 is 14.3 Å². The molecule has 14 heavy (non-hydrogen) atoms. The van der Waals surface area contributed by atoms with Gasteiger partial charge in [0.25, 0.3) is 0 Å². The molecule has 0 aliphatic heterocycles. The highest BCUT2D eigenvalue weighted by Gasteiger charge is 2.26. The Hall–Kier alpha value is -0.860. The summed E-state index contributed by atoms with van der Waals surface area (Å²) in [6.07, 6.45) is 1.21. The molecule has 0 aromatic heterocycles. The predicted octanol–water partition coefficient (Wildman–Crippen LogP) is 2.33. The molecule has 3 nitrogen and oxygen atoms in total. The smallest absolute Gasteiger partial charge is 0.316 e. The fourth-order valence-electron chi connectivity index (χ4n) is 0.985. The number of Topliss-reactive ketones (excluding diaryl/α,β-unsaturated/α-hetero) is 1. The minimum atomic E-state index is -0.630. The molecule has 0 fully saturated rings. The summed E-state index contributed by atoms with van der Waals surface area (Å²) in [4.78, 5) is 22.8. The van der Waals surface area contributed by atoms with Crippen LogP contribution in [-0.4, -0.2) is 17.4 Å². The fourth-order valence-corrected chi connectivity index (χ4v) is 0.985. The molecule has 0 N–H and O–H groups in total. The van der Waals surface area contributed by atoms with Gasteiger partial charge in [-0.15, -0.1) is 0 Å². The monoisotopic (exact) mass is 200 g/mol. The summed E-state index contributed by atoms with van der Waals surface area (Å²) in [6.45, 7) is 8.90. The number of hydrogen-bond donors (Lipinski definition) is 0. The lowest BCUT2D eigenvalue weighted by Gasteiger charge is -2.21. The van der Waals surface area contributed by atoms with Crippen molar-refractivity contribution in [1.29, 1.82) is 0 Å². The minimum absolute atomic E-state index is 0.0400. The summed E-state index contributed by atoms with van der Waals surface area (Å²) < 4.78 is 5.11. The van der Waals surface area contributed by atoms with Crippen LogP contribution in [0.25, 0.3) is 0 Å². The molecule has 0 unspecified atom stereocenters. The van der Waals surface area contributed by atoms with Gasteiger partial charge in [0, 0.05) is 6.42 Å². The predicted molar refractivity (Wildman–Crippen MR) is 54.9 cm³/mol. The van der Waals surface area contributed by atoms with E-state index in [9.17, 15) is 9.59 Å². The van der Waals surface area contributed by atoms with E-state index in [-0.39, 0.29) is 5.78 Å². The van der Waals surface area contributed by atoms with Crippen LogP contribution in [0.1, 0.15) is 47.5 Å². The van der Waals surface area contributed by atoms with Gasteiger partial charge in [-0.3, -0.25) is 9.59 Å². The normalized spacial score (nSPS) is 13.5. The first kappa shape index (κ1) is 13.1. The third-order valence-corrected chi connectivity index (χ3v) is 1.74. The summed E-state index contributed by atoms with van der Waals surface area (Å²) in [7, 11) is 0. The van der Waals surface area contributed by atoms with E-state index in [0.29, 0.717) is 6.42 Å². The van der Waals surface area contributed by atoms with Crippen LogP contribution in [0.2, 0.25) is 0 Å². The maximum atomic E-state index is 11.4. The largest absolute Gasteiger partial charge is 0.459 e. The number of hydrogen-bond acceptors (Lipinski definition) is 3. The lowest BCUT2D eigenvalue weighted by atomic mass is 10.0. The van der Waals surface area contributed by atoms with Crippen molar-refractivity contribution in [3.8, 4) is 0 Å². The molecular weight excluding hydrogens is 180 g/mol. The van der Waals surface area contributed by atoms with Gasteiger partial charge in [-0.1, -0.05) is 6.92 Å². The zero-order valence-electron chi connectivity index (χ0n) is 9.72. The Bertz CT molecular complexity index is 213. The van der Waals surface area contributed by atoms with Crippen molar-refractivity contribution in [2.24, 2.45) is 5.92 Å². The van der Waals surface area contributed by atoms with Crippen molar-refractivity contribution >= 4 is 11.8 Å². The molecule has 0 aromatic carbocycles. The van der Waals surface area contributed by atoms with Gasteiger partial charge in [0.1, 0.15) is 17.3 Å². The molecular formula is C11H20O3. The Labute approximate surface area is 85.8 Å². The molecule has 0 saturated heterocycles. The first-order chi connectivity index (χ1) is 6.28. The number of esters is 1. The molecule has 0 amide bonds. The Balaban J connectivity index is 4.19. The number of carbonyl (C=O) groups excluding carboxylic acids is 2. The topological polar surface area (TPSA) is 43.4 Å². The molecule has 0 rings (SSSR count). The average molecular weight is 200 g/mol. The molecule has 1 atom stereocenters. The molecule has 0 aliphatic rings. The quantitative estimate of drug-likeness (QED) is 0.516. The second kappa shape index (κ2) is 5.13. The van der Waals surface area contributed by atoms with Crippen LogP contribution in [0, 0.1) is 5.92 Å². The Morgan fingerprint density at radius 2 is 1.79 bits per heavy atom. The maximum Gasteiger partial charge on any atom is 0.316 e. The van der Waals surface area contributed by atoms with Crippen molar-refractivity contribution in [3.05, 3.63) is 0 Å². The molecule has 0 aromatic rings. The standard InChI is InChI=1S/C11H20O3/c1-6-7-9(12)8(2)10(13)14-11(3,4)5/h8H,6-7H2,1-5H3/t8-/m0/s1. The van der Waals surface area contributed by atoms with Gasteiger partial charge >= 0.3 is 5.97 Å². The Kier molecular flexibility index (Phi) is 4.81. The summed E-state index contributed by atoms with van der Waals surface area (Å²) >= 11 is 0. The van der Waals surface area contributed by atoms with Crippen molar-refractivity contribution in [2.75, 3.05) is 0 Å². The van der Waals surface area contributed by atoms with Gasteiger partial charge in [0.15, 0.2) is 0 Å². The van der Waals surface area contributed by atoms with E-state index in [1.807, 2.05) is 6.92 Å². The zero-order chi connectivity index (χ0) is 11.4. The maximum absolute atomic E-state index is 11.4. The molecule has 0 aliphatic carbocycles. The highest BCUT2D eigenvalue weighted by atomic mass is 16.6. The van der Waals surface area contributed by atoms with Crippen molar-refractivity contribution in [1.82, 2.24) is 0 Å². The second-order valence-corrected chi connectivity index (χ2v) is 4.47. The lowest BCUT2D eigenvalue weighted by molar-refractivity contribution is -0.161. The highest BCUT2D eigenvalue weighted by molar-refractivity contribution is 5.98. The Morgan fingerprint density at radius 3 is 2.14 bits per heavy atom. The van der Waals surface area contributed by atoms with Crippen LogP contribution in [0.15, 0.2) is 0 Å². The Morgan fingerprint density at radius 1 is 1.29 bits per heavy atom. The summed E-state index contributed by atoms with van der Waals surface area (Å²) in [5.74, 6) is -1.09. The molecule has 0 saturated carbocycles. The number of ketones is 1. The van der Waals surface area contributed by atoms with Crippen LogP contribution in [0.5, 0.6) is 0 Å². The van der Waals surface area contributed by atoms with Crippen molar-refractivity contribution in [3.63, 3.8) is 0 Å². The van der Waals surface area contributed by atoms with E-state index in [1.54, 1.807) is 27.7 Å². The molecule has 82 valence electrons. The van der Waals surface area contributed by atoms with Gasteiger partial charge in [0.05, 0.1) is 0 Å². The van der Waals surface area contributed by atoms with E-state index in [1.165, 1.54) is 0 Å². The average Bonchev–Trinajstić information content (AvgIpc) is 2.00. The summed E-state index contributed by atoms with van der Waals surface area (Å²) in [5.41, 5.74) is -0.516. The zero-order valence-corrected chi connectivity index (χ0v) is 9.72. The van der Waals surface area contributed by atoms with Gasteiger partial charge in [-0.2, -0.15) is 0 Å².